The maximum Gasteiger partial charge on any atom is 0.410 e. The number of Topliss-reactive ketones (excluding diaryl/α,β-unsaturated/α-hetero) is 1. The summed E-state index contributed by atoms with van der Waals surface area (Å²) in [5.41, 5.74) is 1.54. The maximum atomic E-state index is 13.4. The number of ketones is 1. The fourth-order valence-electron chi connectivity index (χ4n) is 5.20. The van der Waals surface area contributed by atoms with E-state index in [1.807, 2.05) is 65.6 Å². The minimum atomic E-state index is -0.257. The van der Waals surface area contributed by atoms with Gasteiger partial charge in [-0.1, -0.05) is 54.6 Å². The highest BCUT2D eigenvalue weighted by Gasteiger charge is 2.44. The second-order valence-corrected chi connectivity index (χ2v) is 8.60. The highest BCUT2D eigenvalue weighted by Crippen LogP contribution is 2.39. The molecule has 0 spiro atoms. The van der Waals surface area contributed by atoms with Crippen LogP contribution in [0.25, 0.3) is 10.8 Å². The Hall–Kier alpha value is -3.21. The van der Waals surface area contributed by atoms with E-state index in [1.54, 1.807) is 6.20 Å². The summed E-state index contributed by atoms with van der Waals surface area (Å²) < 4.78 is 5.63. The van der Waals surface area contributed by atoms with Crippen molar-refractivity contribution < 1.29 is 14.3 Å². The molecule has 31 heavy (non-hydrogen) atoms. The Morgan fingerprint density at radius 1 is 0.935 bits per heavy atom. The average molecular weight is 415 g/mol. The number of carbonyl (C=O) groups excluding carboxylic acids is 2. The van der Waals surface area contributed by atoms with Crippen molar-refractivity contribution in [3.8, 4) is 0 Å². The van der Waals surface area contributed by atoms with Crippen LogP contribution in [0.15, 0.2) is 66.9 Å². The summed E-state index contributed by atoms with van der Waals surface area (Å²) in [6.07, 6.45) is 5.75. The molecular weight excluding hydrogens is 388 g/mol. The molecule has 1 aromatic heterocycles. The van der Waals surface area contributed by atoms with E-state index >= 15 is 0 Å². The molecular formula is C26H26N2O3. The first-order chi connectivity index (χ1) is 15.2. The zero-order valence-corrected chi connectivity index (χ0v) is 17.4. The van der Waals surface area contributed by atoms with Gasteiger partial charge in [-0.2, -0.15) is 0 Å². The summed E-state index contributed by atoms with van der Waals surface area (Å²) in [5, 5.41) is 1.94. The van der Waals surface area contributed by atoms with Crippen molar-refractivity contribution in [1.29, 1.82) is 0 Å². The number of fused-ring (bicyclic) bond motifs is 3. The van der Waals surface area contributed by atoms with Crippen molar-refractivity contribution in [2.45, 2.75) is 50.8 Å². The van der Waals surface area contributed by atoms with E-state index in [9.17, 15) is 9.59 Å². The molecule has 5 nitrogen and oxygen atoms in total. The van der Waals surface area contributed by atoms with Crippen molar-refractivity contribution in [2.24, 2.45) is 5.92 Å². The third-order valence-corrected chi connectivity index (χ3v) is 6.67. The van der Waals surface area contributed by atoms with E-state index in [4.69, 9.17) is 4.74 Å². The number of benzene rings is 2. The van der Waals surface area contributed by atoms with E-state index in [1.165, 1.54) is 0 Å². The molecule has 2 fully saturated rings. The first kappa shape index (κ1) is 19.7. The van der Waals surface area contributed by atoms with Crippen LogP contribution in [0.4, 0.5) is 4.79 Å². The molecule has 158 valence electrons. The molecule has 3 aromatic rings. The largest absolute Gasteiger partial charge is 0.445 e. The van der Waals surface area contributed by atoms with Crippen LogP contribution < -0.4 is 0 Å². The molecule has 2 bridgehead atoms. The second-order valence-electron chi connectivity index (χ2n) is 8.60. The Balaban J connectivity index is 1.31. The summed E-state index contributed by atoms with van der Waals surface area (Å²) in [5.74, 6) is -0.00205. The first-order valence-corrected chi connectivity index (χ1v) is 11.1. The lowest BCUT2D eigenvalue weighted by molar-refractivity contribution is 0.00467. The van der Waals surface area contributed by atoms with Crippen LogP contribution in [0.5, 0.6) is 0 Å². The minimum Gasteiger partial charge on any atom is -0.445 e. The van der Waals surface area contributed by atoms with Gasteiger partial charge in [-0.15, -0.1) is 0 Å². The molecule has 2 aliphatic heterocycles. The van der Waals surface area contributed by atoms with Crippen LogP contribution in [0, 0.1) is 5.92 Å². The minimum absolute atomic E-state index is 0.0553. The summed E-state index contributed by atoms with van der Waals surface area (Å²) in [6.45, 7) is 0.276. The average Bonchev–Trinajstić information content (AvgIpc) is 2.81. The van der Waals surface area contributed by atoms with Gasteiger partial charge < -0.3 is 9.64 Å². The van der Waals surface area contributed by atoms with Crippen LogP contribution in [-0.4, -0.2) is 33.8 Å². The summed E-state index contributed by atoms with van der Waals surface area (Å²) in [6, 6.07) is 19.7. The Kier molecular flexibility index (Phi) is 5.41. The molecule has 0 saturated carbocycles. The summed E-state index contributed by atoms with van der Waals surface area (Å²) in [7, 11) is 0. The van der Waals surface area contributed by atoms with Crippen molar-refractivity contribution in [1.82, 2.24) is 9.88 Å². The molecule has 2 saturated heterocycles. The monoisotopic (exact) mass is 414 g/mol. The molecule has 2 unspecified atom stereocenters. The Morgan fingerprint density at radius 2 is 1.65 bits per heavy atom. The highest BCUT2D eigenvalue weighted by molar-refractivity contribution is 6.07. The second kappa shape index (κ2) is 8.50. The predicted octanol–water partition coefficient (Wildman–Crippen LogP) is 5.39. The normalized spacial score (nSPS) is 22.8. The fourth-order valence-corrected chi connectivity index (χ4v) is 5.20. The van der Waals surface area contributed by atoms with Crippen molar-refractivity contribution in [3.63, 3.8) is 0 Å². The van der Waals surface area contributed by atoms with Crippen molar-refractivity contribution in [3.05, 3.63) is 78.1 Å². The Labute approximate surface area is 182 Å². The van der Waals surface area contributed by atoms with Gasteiger partial charge in [-0.3, -0.25) is 9.78 Å². The molecule has 1 amide bonds. The zero-order chi connectivity index (χ0) is 21.2. The molecule has 2 aromatic carbocycles. The highest BCUT2D eigenvalue weighted by atomic mass is 16.6. The van der Waals surface area contributed by atoms with Gasteiger partial charge in [-0.25, -0.2) is 4.79 Å². The van der Waals surface area contributed by atoms with Gasteiger partial charge in [0.05, 0.1) is 0 Å². The third kappa shape index (κ3) is 3.92. The number of amides is 1. The SMILES string of the molecule is O=C(c1nccc2ccccc12)C1CC2CCCC(C1)N2C(=O)OCc1ccccc1. The Bertz CT molecular complexity index is 1080. The smallest absolute Gasteiger partial charge is 0.410 e. The van der Waals surface area contributed by atoms with Crippen LogP contribution >= 0.6 is 0 Å². The number of pyridine rings is 1. The van der Waals surface area contributed by atoms with Gasteiger partial charge in [0, 0.05) is 29.6 Å². The quantitative estimate of drug-likeness (QED) is 0.537. The van der Waals surface area contributed by atoms with E-state index < -0.39 is 0 Å². The molecule has 5 rings (SSSR count). The maximum absolute atomic E-state index is 13.4. The van der Waals surface area contributed by atoms with Crippen molar-refractivity contribution in [2.75, 3.05) is 0 Å². The number of carbonyl (C=O) groups is 2. The van der Waals surface area contributed by atoms with E-state index in [-0.39, 0.29) is 36.5 Å². The number of aromatic nitrogens is 1. The third-order valence-electron chi connectivity index (χ3n) is 6.67. The van der Waals surface area contributed by atoms with Gasteiger partial charge in [0.15, 0.2) is 5.78 Å². The van der Waals surface area contributed by atoms with Crippen LogP contribution in [0.1, 0.15) is 48.2 Å². The zero-order valence-electron chi connectivity index (χ0n) is 17.4. The standard InChI is InChI=1S/C26H26N2O3/c29-25(24-23-12-5-4-9-19(23)13-14-27-24)20-15-21-10-6-11-22(16-20)28(21)26(30)31-17-18-7-2-1-3-8-18/h1-5,7-9,12-14,20-22H,6,10-11,15-17H2. The predicted molar refractivity (Wildman–Crippen MR) is 119 cm³/mol. The fraction of sp³-hybridized carbons (Fsp3) is 0.346. The molecule has 3 heterocycles. The lowest BCUT2D eigenvalue weighted by Crippen LogP contribution is -2.55. The number of rotatable bonds is 4. The van der Waals surface area contributed by atoms with Crippen LogP contribution in [0.2, 0.25) is 0 Å². The Morgan fingerprint density at radius 3 is 2.42 bits per heavy atom. The lowest BCUT2D eigenvalue weighted by Gasteiger charge is -2.47. The molecule has 0 aliphatic carbocycles. The van der Waals surface area contributed by atoms with E-state index in [2.05, 4.69) is 4.98 Å². The number of hydrogen-bond donors (Lipinski definition) is 0. The first-order valence-electron chi connectivity index (χ1n) is 11.1. The van der Waals surface area contributed by atoms with Gasteiger partial charge in [0.1, 0.15) is 12.3 Å². The summed E-state index contributed by atoms with van der Waals surface area (Å²) in [4.78, 5) is 32.7. The molecule has 2 atom stereocenters. The molecule has 2 aliphatic rings. The van der Waals surface area contributed by atoms with Gasteiger partial charge in [-0.05, 0) is 49.1 Å². The van der Waals surface area contributed by atoms with Gasteiger partial charge >= 0.3 is 6.09 Å². The van der Waals surface area contributed by atoms with Crippen LogP contribution in [-0.2, 0) is 11.3 Å². The molecule has 5 heteroatoms. The number of hydrogen-bond acceptors (Lipinski definition) is 4. The summed E-state index contributed by atoms with van der Waals surface area (Å²) >= 11 is 0. The molecule has 0 radical (unpaired) electrons. The number of nitrogens with zero attached hydrogens (tertiary/aromatic N) is 2. The van der Waals surface area contributed by atoms with Gasteiger partial charge in [0.2, 0.25) is 0 Å². The lowest BCUT2D eigenvalue weighted by atomic mass is 9.76. The van der Waals surface area contributed by atoms with Crippen LogP contribution in [0.3, 0.4) is 0 Å². The van der Waals surface area contributed by atoms with E-state index in [0.29, 0.717) is 18.5 Å². The van der Waals surface area contributed by atoms with Crippen molar-refractivity contribution >= 4 is 22.6 Å². The molecule has 0 N–H and O–H groups in total. The topological polar surface area (TPSA) is 59.5 Å². The van der Waals surface area contributed by atoms with Gasteiger partial charge in [0.25, 0.3) is 0 Å². The van der Waals surface area contributed by atoms with E-state index in [0.717, 1.165) is 35.6 Å². The number of ether oxygens (including phenoxy) is 1. The number of piperidine rings is 2.